The first-order valence-electron chi connectivity index (χ1n) is 7.28. The van der Waals surface area contributed by atoms with Gasteiger partial charge in [-0.2, -0.15) is 13.2 Å². The van der Waals surface area contributed by atoms with Crippen LogP contribution in [0.3, 0.4) is 0 Å². The summed E-state index contributed by atoms with van der Waals surface area (Å²) in [5.74, 6) is -1.80. The molecule has 0 spiro atoms. The third kappa shape index (κ3) is 4.95. The first-order valence-corrected chi connectivity index (χ1v) is 7.66. The van der Waals surface area contributed by atoms with Crippen molar-refractivity contribution in [2.75, 3.05) is 16.8 Å². The molecule has 2 rings (SSSR count). The van der Waals surface area contributed by atoms with E-state index in [-0.39, 0.29) is 16.4 Å². The monoisotopic (exact) mass is 388 g/mol. The van der Waals surface area contributed by atoms with Crippen molar-refractivity contribution in [2.24, 2.45) is 0 Å². The summed E-state index contributed by atoms with van der Waals surface area (Å²) in [6, 6.07) is 7.41. The number of amides is 2. The van der Waals surface area contributed by atoms with Crippen molar-refractivity contribution in [3.63, 3.8) is 0 Å². The van der Waals surface area contributed by atoms with Gasteiger partial charge in [-0.25, -0.2) is 4.39 Å². The van der Waals surface area contributed by atoms with Crippen LogP contribution in [0.5, 0.6) is 0 Å². The molecule has 9 heteroatoms. The van der Waals surface area contributed by atoms with Gasteiger partial charge in [0.2, 0.25) is 11.8 Å². The van der Waals surface area contributed by atoms with Crippen molar-refractivity contribution in [3.05, 3.63) is 58.9 Å². The minimum atomic E-state index is -4.48. The van der Waals surface area contributed by atoms with Gasteiger partial charge >= 0.3 is 6.18 Å². The van der Waals surface area contributed by atoms with Crippen LogP contribution in [-0.2, 0) is 15.8 Å². The number of halogens is 5. The Labute approximate surface area is 151 Å². The van der Waals surface area contributed by atoms with Crippen LogP contribution < -0.4 is 10.2 Å². The van der Waals surface area contributed by atoms with Gasteiger partial charge in [0, 0.05) is 18.3 Å². The van der Waals surface area contributed by atoms with Crippen LogP contribution in [0.15, 0.2) is 42.5 Å². The first kappa shape index (κ1) is 19.7. The zero-order valence-corrected chi connectivity index (χ0v) is 14.2. The molecule has 0 saturated heterocycles. The SMILES string of the molecule is CC(=O)N(CC(=O)Nc1ccc(C(F)(F)F)cc1)c1ccc(F)c(Cl)c1. The van der Waals surface area contributed by atoms with Gasteiger partial charge in [0.15, 0.2) is 0 Å². The molecular formula is C17H13ClF4N2O2. The fourth-order valence-electron chi connectivity index (χ4n) is 2.12. The minimum Gasteiger partial charge on any atom is -0.325 e. The topological polar surface area (TPSA) is 49.4 Å². The molecule has 138 valence electrons. The Hall–Kier alpha value is -2.61. The Morgan fingerprint density at radius 2 is 1.73 bits per heavy atom. The highest BCUT2D eigenvalue weighted by atomic mass is 35.5. The van der Waals surface area contributed by atoms with E-state index in [1.165, 1.54) is 19.1 Å². The third-order valence-electron chi connectivity index (χ3n) is 3.39. The van der Waals surface area contributed by atoms with Crippen LogP contribution in [0, 0.1) is 5.82 Å². The third-order valence-corrected chi connectivity index (χ3v) is 3.68. The molecule has 0 aliphatic carbocycles. The smallest absolute Gasteiger partial charge is 0.325 e. The Morgan fingerprint density at radius 3 is 2.23 bits per heavy atom. The molecule has 1 N–H and O–H groups in total. The van der Waals surface area contributed by atoms with Crippen molar-refractivity contribution in [3.8, 4) is 0 Å². The summed E-state index contributed by atoms with van der Waals surface area (Å²) in [5.41, 5.74) is -0.489. The van der Waals surface area contributed by atoms with E-state index in [9.17, 15) is 27.2 Å². The van der Waals surface area contributed by atoms with Crippen LogP contribution in [-0.4, -0.2) is 18.4 Å². The summed E-state index contributed by atoms with van der Waals surface area (Å²) >= 11 is 5.68. The highest BCUT2D eigenvalue weighted by Gasteiger charge is 2.30. The second kappa shape index (κ2) is 7.74. The Kier molecular flexibility index (Phi) is 5.86. The molecule has 0 aliphatic heterocycles. The quantitative estimate of drug-likeness (QED) is 0.784. The molecule has 0 heterocycles. The molecule has 2 aromatic rings. The summed E-state index contributed by atoms with van der Waals surface area (Å²) < 4.78 is 50.8. The lowest BCUT2D eigenvalue weighted by atomic mass is 10.2. The normalized spacial score (nSPS) is 11.2. The van der Waals surface area contributed by atoms with Gasteiger partial charge in [-0.1, -0.05) is 11.6 Å². The number of nitrogens with one attached hydrogen (secondary N) is 1. The molecule has 2 amide bonds. The number of benzene rings is 2. The maximum Gasteiger partial charge on any atom is 0.416 e. The molecule has 0 aliphatic rings. The molecule has 2 aromatic carbocycles. The predicted octanol–water partition coefficient (Wildman–Crippen LogP) is 4.49. The highest BCUT2D eigenvalue weighted by Crippen LogP contribution is 2.30. The first-order chi connectivity index (χ1) is 12.1. The standard InChI is InChI=1S/C17H13ClF4N2O2/c1-10(25)24(13-6-7-15(19)14(18)8-13)9-16(26)23-12-4-2-11(3-5-12)17(20,21)22/h2-8H,9H2,1H3,(H,23,26). The van der Waals surface area contributed by atoms with Crippen molar-refractivity contribution in [1.29, 1.82) is 0 Å². The van der Waals surface area contributed by atoms with E-state index >= 15 is 0 Å². The van der Waals surface area contributed by atoms with Crippen molar-refractivity contribution >= 4 is 34.8 Å². The van der Waals surface area contributed by atoms with Gasteiger partial charge in [0.1, 0.15) is 12.4 Å². The van der Waals surface area contributed by atoms with Crippen LogP contribution >= 0.6 is 11.6 Å². The van der Waals surface area contributed by atoms with Gasteiger partial charge < -0.3 is 10.2 Å². The highest BCUT2D eigenvalue weighted by molar-refractivity contribution is 6.31. The van der Waals surface area contributed by atoms with E-state index in [1.807, 2.05) is 0 Å². The largest absolute Gasteiger partial charge is 0.416 e. The maximum atomic E-state index is 13.2. The minimum absolute atomic E-state index is 0.142. The molecule has 0 radical (unpaired) electrons. The van der Waals surface area contributed by atoms with Crippen LogP contribution in [0.1, 0.15) is 12.5 Å². The van der Waals surface area contributed by atoms with Gasteiger partial charge in [-0.3, -0.25) is 9.59 Å². The Balaban J connectivity index is 2.10. The van der Waals surface area contributed by atoms with Crippen LogP contribution in [0.4, 0.5) is 28.9 Å². The molecule has 0 saturated carbocycles. The molecule has 0 unspecified atom stereocenters. The summed E-state index contributed by atoms with van der Waals surface area (Å²) in [5, 5.41) is 2.18. The van der Waals surface area contributed by atoms with E-state index in [1.54, 1.807) is 0 Å². The average molecular weight is 389 g/mol. The predicted molar refractivity (Wildman–Crippen MR) is 89.5 cm³/mol. The maximum absolute atomic E-state index is 13.2. The van der Waals surface area contributed by atoms with Gasteiger partial charge in [-0.05, 0) is 42.5 Å². The van der Waals surface area contributed by atoms with E-state index in [0.29, 0.717) is 0 Å². The number of hydrogen-bond donors (Lipinski definition) is 1. The lowest BCUT2D eigenvalue weighted by Crippen LogP contribution is -2.36. The number of carbonyl (C=O) groups is 2. The number of hydrogen-bond acceptors (Lipinski definition) is 2. The van der Waals surface area contributed by atoms with Gasteiger partial charge in [0.25, 0.3) is 0 Å². The second-order valence-electron chi connectivity index (χ2n) is 5.33. The number of alkyl halides is 3. The summed E-state index contributed by atoms with van der Waals surface area (Å²) in [6.45, 7) is 0.793. The summed E-state index contributed by atoms with van der Waals surface area (Å²) in [6.07, 6.45) is -4.48. The van der Waals surface area contributed by atoms with Gasteiger partial charge in [-0.15, -0.1) is 0 Å². The van der Waals surface area contributed by atoms with E-state index in [4.69, 9.17) is 11.6 Å². The fraction of sp³-hybridized carbons (Fsp3) is 0.176. The van der Waals surface area contributed by atoms with Crippen LogP contribution in [0.25, 0.3) is 0 Å². The second-order valence-corrected chi connectivity index (χ2v) is 5.73. The molecule has 4 nitrogen and oxygen atoms in total. The Bertz CT molecular complexity index is 823. The van der Waals surface area contributed by atoms with E-state index in [2.05, 4.69) is 5.32 Å². The molecule has 0 aromatic heterocycles. The van der Waals surface area contributed by atoms with E-state index in [0.717, 1.165) is 35.2 Å². The zero-order chi connectivity index (χ0) is 19.5. The van der Waals surface area contributed by atoms with Gasteiger partial charge in [0.05, 0.1) is 10.6 Å². The molecular weight excluding hydrogens is 376 g/mol. The van der Waals surface area contributed by atoms with Crippen LogP contribution in [0.2, 0.25) is 5.02 Å². The lowest BCUT2D eigenvalue weighted by molar-refractivity contribution is -0.137. The van der Waals surface area contributed by atoms with Crippen molar-refractivity contribution in [2.45, 2.75) is 13.1 Å². The molecule has 26 heavy (non-hydrogen) atoms. The van der Waals surface area contributed by atoms with Crippen molar-refractivity contribution < 1.29 is 27.2 Å². The number of rotatable bonds is 4. The zero-order valence-electron chi connectivity index (χ0n) is 13.4. The summed E-state index contributed by atoms with van der Waals surface area (Å²) in [4.78, 5) is 24.9. The molecule has 0 bridgehead atoms. The number of nitrogens with zero attached hydrogens (tertiary/aromatic N) is 1. The number of carbonyl (C=O) groups excluding carboxylic acids is 2. The average Bonchev–Trinajstić information content (AvgIpc) is 2.55. The lowest BCUT2D eigenvalue weighted by Gasteiger charge is -2.21. The molecule has 0 atom stereocenters. The number of anilines is 2. The Morgan fingerprint density at radius 1 is 1.12 bits per heavy atom. The fourth-order valence-corrected chi connectivity index (χ4v) is 2.30. The summed E-state index contributed by atoms with van der Waals surface area (Å²) in [7, 11) is 0. The van der Waals surface area contributed by atoms with E-state index < -0.39 is 35.9 Å². The van der Waals surface area contributed by atoms with Crippen molar-refractivity contribution in [1.82, 2.24) is 0 Å². The molecule has 0 fully saturated rings.